The van der Waals surface area contributed by atoms with Crippen molar-refractivity contribution in [2.24, 2.45) is 0 Å². The fourth-order valence-corrected chi connectivity index (χ4v) is 5.93. The second-order valence-corrected chi connectivity index (χ2v) is 10.7. The van der Waals surface area contributed by atoms with E-state index in [0.717, 1.165) is 22.5 Å². The van der Waals surface area contributed by atoms with Crippen LogP contribution in [-0.4, -0.2) is 33.0 Å². The molecule has 2 N–H and O–H groups in total. The standard InChI is InChI=1S/C24H21Cl2F2N3O3S/c25-15-5-9-18(10-6-15)35(33,34)31(23-13-16(27)7-11-20(23)28)17-8-12-22(29-14-17)24(32)30-21-4-2-1-3-19(21)26/h1-7,9-11,13,17,22,29H,8,12,14H2,(H,30,32). The number of sulfonamides is 1. The molecule has 0 spiro atoms. The number of benzene rings is 3. The number of anilines is 2. The third-order valence-corrected chi connectivity index (χ3v) is 8.15. The maximum atomic E-state index is 14.8. The van der Waals surface area contributed by atoms with Crippen molar-refractivity contribution >= 4 is 50.5 Å². The molecule has 0 bridgehead atoms. The van der Waals surface area contributed by atoms with Crippen molar-refractivity contribution < 1.29 is 22.0 Å². The maximum Gasteiger partial charge on any atom is 0.264 e. The van der Waals surface area contributed by atoms with Crippen LogP contribution in [0.3, 0.4) is 0 Å². The first kappa shape index (κ1) is 25.4. The van der Waals surface area contributed by atoms with Gasteiger partial charge in [0.05, 0.1) is 33.4 Å². The number of halogens is 4. The van der Waals surface area contributed by atoms with E-state index in [1.165, 1.54) is 24.3 Å². The van der Waals surface area contributed by atoms with Crippen LogP contribution in [0, 0.1) is 11.6 Å². The Bertz CT molecular complexity index is 1330. The molecule has 0 aliphatic carbocycles. The molecule has 6 nitrogen and oxygen atoms in total. The van der Waals surface area contributed by atoms with Gasteiger partial charge in [-0.05, 0) is 61.4 Å². The molecule has 1 heterocycles. The van der Waals surface area contributed by atoms with Crippen LogP contribution in [0.2, 0.25) is 10.0 Å². The average Bonchev–Trinajstić information content (AvgIpc) is 2.83. The normalized spacial score (nSPS) is 18.2. The molecule has 2 unspecified atom stereocenters. The Kier molecular flexibility index (Phi) is 7.61. The van der Waals surface area contributed by atoms with Gasteiger partial charge in [0.2, 0.25) is 5.91 Å². The Morgan fingerprint density at radius 3 is 2.37 bits per heavy atom. The highest BCUT2D eigenvalue weighted by atomic mass is 35.5. The number of rotatable bonds is 6. The zero-order valence-electron chi connectivity index (χ0n) is 18.2. The number of hydrogen-bond donors (Lipinski definition) is 2. The minimum atomic E-state index is -4.29. The summed E-state index contributed by atoms with van der Waals surface area (Å²) >= 11 is 12.0. The number of amides is 1. The summed E-state index contributed by atoms with van der Waals surface area (Å²) in [6.07, 6.45) is 0.473. The van der Waals surface area contributed by atoms with Crippen molar-refractivity contribution in [2.75, 3.05) is 16.2 Å². The van der Waals surface area contributed by atoms with Crippen LogP contribution in [0.4, 0.5) is 20.2 Å². The smallest absolute Gasteiger partial charge is 0.264 e. The van der Waals surface area contributed by atoms with Crippen LogP contribution in [0.15, 0.2) is 71.6 Å². The summed E-state index contributed by atoms with van der Waals surface area (Å²) in [5.41, 5.74) is 0.0441. The van der Waals surface area contributed by atoms with Crippen molar-refractivity contribution in [2.45, 2.75) is 29.8 Å². The predicted octanol–water partition coefficient (Wildman–Crippen LogP) is 5.23. The van der Waals surface area contributed by atoms with Crippen LogP contribution in [0.1, 0.15) is 12.8 Å². The lowest BCUT2D eigenvalue weighted by Gasteiger charge is -2.37. The van der Waals surface area contributed by atoms with Crippen LogP contribution >= 0.6 is 23.2 Å². The van der Waals surface area contributed by atoms with E-state index in [0.29, 0.717) is 15.7 Å². The van der Waals surface area contributed by atoms with Gasteiger partial charge in [0, 0.05) is 17.6 Å². The Hall–Kier alpha value is -2.72. The van der Waals surface area contributed by atoms with Gasteiger partial charge in [-0.2, -0.15) is 0 Å². The first-order valence-corrected chi connectivity index (χ1v) is 12.9. The van der Waals surface area contributed by atoms with Gasteiger partial charge in [0.15, 0.2) is 0 Å². The lowest BCUT2D eigenvalue weighted by molar-refractivity contribution is -0.118. The van der Waals surface area contributed by atoms with Gasteiger partial charge in [-0.25, -0.2) is 17.2 Å². The van der Waals surface area contributed by atoms with Crippen LogP contribution < -0.4 is 14.9 Å². The van der Waals surface area contributed by atoms with E-state index in [4.69, 9.17) is 23.2 Å². The fourth-order valence-electron chi connectivity index (χ4n) is 3.95. The van der Waals surface area contributed by atoms with E-state index in [9.17, 15) is 22.0 Å². The summed E-state index contributed by atoms with van der Waals surface area (Å²) in [6.45, 7) is 0.0311. The zero-order valence-corrected chi connectivity index (χ0v) is 20.5. The highest BCUT2D eigenvalue weighted by molar-refractivity contribution is 7.92. The van der Waals surface area contributed by atoms with Crippen molar-refractivity contribution in [3.63, 3.8) is 0 Å². The van der Waals surface area contributed by atoms with E-state index in [1.54, 1.807) is 24.3 Å². The summed E-state index contributed by atoms with van der Waals surface area (Å²) in [4.78, 5) is 12.6. The highest BCUT2D eigenvalue weighted by Crippen LogP contribution is 2.32. The van der Waals surface area contributed by atoms with Crippen molar-refractivity contribution in [1.29, 1.82) is 0 Å². The molecule has 2 atom stereocenters. The SMILES string of the molecule is O=C(Nc1ccccc1Cl)C1CCC(N(c2cc(F)ccc2F)S(=O)(=O)c2ccc(Cl)cc2)CN1. The summed E-state index contributed by atoms with van der Waals surface area (Å²) in [6, 6.07) is 13.4. The minimum absolute atomic E-state index is 0.0311. The zero-order chi connectivity index (χ0) is 25.2. The predicted molar refractivity (Wildman–Crippen MR) is 132 cm³/mol. The number of piperidine rings is 1. The number of nitrogens with one attached hydrogen (secondary N) is 2. The molecule has 35 heavy (non-hydrogen) atoms. The molecule has 3 aromatic rings. The van der Waals surface area contributed by atoms with E-state index in [-0.39, 0.29) is 30.2 Å². The first-order chi connectivity index (χ1) is 16.7. The molecule has 1 aliphatic rings. The summed E-state index contributed by atoms with van der Waals surface area (Å²) in [5.74, 6) is -2.00. The minimum Gasteiger partial charge on any atom is -0.323 e. The number of carbonyl (C=O) groups is 1. The number of hydrogen-bond acceptors (Lipinski definition) is 4. The number of carbonyl (C=O) groups excluding carboxylic acids is 1. The van der Waals surface area contributed by atoms with Crippen LogP contribution in [0.25, 0.3) is 0 Å². The average molecular weight is 540 g/mol. The topological polar surface area (TPSA) is 78.5 Å². The van der Waals surface area contributed by atoms with E-state index < -0.39 is 39.4 Å². The van der Waals surface area contributed by atoms with E-state index in [1.807, 2.05) is 0 Å². The number of nitrogens with zero attached hydrogens (tertiary/aromatic N) is 1. The lowest BCUT2D eigenvalue weighted by Crippen LogP contribution is -2.55. The third-order valence-electron chi connectivity index (χ3n) is 5.68. The van der Waals surface area contributed by atoms with Gasteiger partial charge >= 0.3 is 0 Å². The molecule has 0 saturated carbocycles. The molecule has 0 radical (unpaired) electrons. The Balaban J connectivity index is 1.59. The second-order valence-electron chi connectivity index (χ2n) is 8.01. The second kappa shape index (κ2) is 10.5. The van der Waals surface area contributed by atoms with E-state index in [2.05, 4.69) is 10.6 Å². The monoisotopic (exact) mass is 539 g/mol. The van der Waals surface area contributed by atoms with Crippen LogP contribution in [-0.2, 0) is 14.8 Å². The Morgan fingerprint density at radius 2 is 1.71 bits per heavy atom. The summed E-state index contributed by atoms with van der Waals surface area (Å²) in [5, 5.41) is 6.49. The van der Waals surface area contributed by atoms with Gasteiger partial charge in [-0.1, -0.05) is 35.3 Å². The van der Waals surface area contributed by atoms with Gasteiger partial charge in [-0.3, -0.25) is 9.10 Å². The molecule has 1 aliphatic heterocycles. The molecule has 1 fully saturated rings. The van der Waals surface area contributed by atoms with Gasteiger partial charge in [-0.15, -0.1) is 0 Å². The molecular weight excluding hydrogens is 519 g/mol. The molecular formula is C24H21Cl2F2N3O3S. The molecule has 0 aromatic heterocycles. The van der Waals surface area contributed by atoms with E-state index >= 15 is 0 Å². The molecule has 11 heteroatoms. The summed E-state index contributed by atoms with van der Waals surface area (Å²) < 4.78 is 56.8. The van der Waals surface area contributed by atoms with Gasteiger partial charge in [0.25, 0.3) is 10.0 Å². The van der Waals surface area contributed by atoms with Crippen molar-refractivity contribution in [3.8, 4) is 0 Å². The quantitative estimate of drug-likeness (QED) is 0.449. The number of para-hydroxylation sites is 1. The van der Waals surface area contributed by atoms with Gasteiger partial charge < -0.3 is 10.6 Å². The molecule has 1 saturated heterocycles. The molecule has 184 valence electrons. The Morgan fingerprint density at radius 1 is 1.00 bits per heavy atom. The Labute approximate surface area is 211 Å². The van der Waals surface area contributed by atoms with Gasteiger partial charge in [0.1, 0.15) is 11.6 Å². The summed E-state index contributed by atoms with van der Waals surface area (Å²) in [7, 11) is -4.29. The third kappa shape index (κ3) is 5.59. The van der Waals surface area contributed by atoms with Crippen LogP contribution in [0.5, 0.6) is 0 Å². The largest absolute Gasteiger partial charge is 0.323 e. The molecule has 3 aromatic carbocycles. The first-order valence-electron chi connectivity index (χ1n) is 10.7. The van der Waals surface area contributed by atoms with Crippen molar-refractivity contribution in [1.82, 2.24) is 5.32 Å². The maximum absolute atomic E-state index is 14.8. The lowest BCUT2D eigenvalue weighted by atomic mass is 9.99. The fraction of sp³-hybridized carbons (Fsp3) is 0.208. The molecule has 4 rings (SSSR count). The molecule has 1 amide bonds. The highest BCUT2D eigenvalue weighted by Gasteiger charge is 2.37. The van der Waals surface area contributed by atoms with Crippen molar-refractivity contribution in [3.05, 3.63) is 88.4 Å².